The van der Waals surface area contributed by atoms with E-state index in [2.05, 4.69) is 73.7 Å². The van der Waals surface area contributed by atoms with Crippen molar-refractivity contribution < 1.29 is 0 Å². The molecule has 0 saturated carbocycles. The Hall–Kier alpha value is -1.82. The molecule has 0 saturated heterocycles. The molecule has 0 radical (unpaired) electrons. The molecule has 0 bridgehead atoms. The maximum absolute atomic E-state index is 2.27. The maximum atomic E-state index is 2.27. The highest BCUT2D eigenvalue weighted by Gasteiger charge is 1.97. The first-order valence-electron chi connectivity index (χ1n) is 6.19. The summed E-state index contributed by atoms with van der Waals surface area (Å²) < 4.78 is 0. The molecule has 0 amide bonds. The highest BCUT2D eigenvalue weighted by Crippen LogP contribution is 2.20. The van der Waals surface area contributed by atoms with Crippen molar-refractivity contribution in [1.29, 1.82) is 0 Å². The molecule has 0 heterocycles. The molecule has 0 spiro atoms. The lowest BCUT2D eigenvalue weighted by molar-refractivity contribution is 1.18. The number of benzene rings is 2. The first-order chi connectivity index (χ1) is 8.40. The van der Waals surface area contributed by atoms with Crippen molar-refractivity contribution in [3.63, 3.8) is 0 Å². The summed E-state index contributed by atoms with van der Waals surface area (Å²) in [5.41, 5.74) is 3.96. The standard InChI is InChI=1S/C17H18/c1-2-3-5-9-15-10-8-13-17(14-15)16-11-6-4-7-12-16/h3-8,10-14H,2,9H2,1H3/b5-3-. The minimum absolute atomic E-state index is 1.02. The van der Waals surface area contributed by atoms with Gasteiger partial charge in [-0.15, -0.1) is 0 Å². The summed E-state index contributed by atoms with van der Waals surface area (Å²) in [5.74, 6) is 0. The maximum Gasteiger partial charge on any atom is -0.00972 e. The van der Waals surface area contributed by atoms with Crippen molar-refractivity contribution in [2.24, 2.45) is 0 Å². The van der Waals surface area contributed by atoms with E-state index >= 15 is 0 Å². The number of rotatable bonds is 4. The fourth-order valence-corrected chi connectivity index (χ4v) is 1.89. The third-order valence-corrected chi connectivity index (χ3v) is 2.79. The van der Waals surface area contributed by atoms with Crippen LogP contribution in [0.2, 0.25) is 0 Å². The Morgan fingerprint density at radius 3 is 2.35 bits per heavy atom. The molecule has 0 aliphatic carbocycles. The van der Waals surface area contributed by atoms with Crippen LogP contribution in [0, 0.1) is 0 Å². The van der Waals surface area contributed by atoms with Crippen molar-refractivity contribution in [1.82, 2.24) is 0 Å². The lowest BCUT2D eigenvalue weighted by Gasteiger charge is -2.03. The van der Waals surface area contributed by atoms with Gasteiger partial charge in [-0.2, -0.15) is 0 Å². The summed E-state index contributed by atoms with van der Waals surface area (Å²) in [6.07, 6.45) is 6.59. The summed E-state index contributed by atoms with van der Waals surface area (Å²) in [6, 6.07) is 19.3. The highest BCUT2D eigenvalue weighted by molar-refractivity contribution is 5.63. The van der Waals surface area contributed by atoms with Gasteiger partial charge in [0.15, 0.2) is 0 Å². The minimum Gasteiger partial charge on any atom is -0.0885 e. The summed E-state index contributed by atoms with van der Waals surface area (Å²) in [5, 5.41) is 0. The topological polar surface area (TPSA) is 0 Å². The van der Waals surface area contributed by atoms with Crippen LogP contribution in [0.3, 0.4) is 0 Å². The molecule has 2 aromatic rings. The van der Waals surface area contributed by atoms with Gasteiger partial charge >= 0.3 is 0 Å². The van der Waals surface area contributed by atoms with Crippen molar-refractivity contribution in [2.45, 2.75) is 19.8 Å². The molecule has 0 nitrogen and oxygen atoms in total. The van der Waals surface area contributed by atoms with Crippen LogP contribution in [0.1, 0.15) is 18.9 Å². The van der Waals surface area contributed by atoms with E-state index in [1.165, 1.54) is 16.7 Å². The van der Waals surface area contributed by atoms with Crippen LogP contribution in [0.25, 0.3) is 11.1 Å². The minimum atomic E-state index is 1.02. The summed E-state index contributed by atoms with van der Waals surface area (Å²) in [6.45, 7) is 2.16. The zero-order valence-corrected chi connectivity index (χ0v) is 10.3. The van der Waals surface area contributed by atoms with E-state index in [0.717, 1.165) is 12.8 Å². The summed E-state index contributed by atoms with van der Waals surface area (Å²) >= 11 is 0. The Balaban J connectivity index is 2.20. The predicted molar refractivity (Wildman–Crippen MR) is 75.0 cm³/mol. The van der Waals surface area contributed by atoms with E-state index in [9.17, 15) is 0 Å². The van der Waals surface area contributed by atoms with Crippen molar-refractivity contribution in [3.05, 3.63) is 72.3 Å². The second-order valence-electron chi connectivity index (χ2n) is 4.15. The van der Waals surface area contributed by atoms with Crippen molar-refractivity contribution >= 4 is 0 Å². The molecule has 2 aromatic carbocycles. The Bertz CT molecular complexity index is 480. The van der Waals surface area contributed by atoms with E-state index in [4.69, 9.17) is 0 Å². The van der Waals surface area contributed by atoms with Crippen LogP contribution >= 0.6 is 0 Å². The van der Waals surface area contributed by atoms with E-state index in [0.29, 0.717) is 0 Å². The average molecular weight is 222 g/mol. The molecule has 0 heteroatoms. The van der Waals surface area contributed by atoms with Crippen LogP contribution in [0.15, 0.2) is 66.7 Å². The molecule has 0 N–H and O–H groups in total. The molecule has 0 aliphatic heterocycles. The van der Waals surface area contributed by atoms with E-state index in [1.807, 2.05) is 0 Å². The molecule has 0 aromatic heterocycles. The highest BCUT2D eigenvalue weighted by atomic mass is 14.0. The molecular weight excluding hydrogens is 204 g/mol. The summed E-state index contributed by atoms with van der Waals surface area (Å²) in [4.78, 5) is 0. The van der Waals surface area contributed by atoms with E-state index in [-0.39, 0.29) is 0 Å². The van der Waals surface area contributed by atoms with Gasteiger partial charge in [0.1, 0.15) is 0 Å². The molecule has 0 unspecified atom stereocenters. The normalized spacial score (nSPS) is 10.9. The van der Waals surface area contributed by atoms with Gasteiger partial charge in [-0.1, -0.05) is 73.7 Å². The zero-order chi connectivity index (χ0) is 11.9. The first kappa shape index (κ1) is 11.7. The second kappa shape index (κ2) is 6.05. The van der Waals surface area contributed by atoms with Gasteiger partial charge in [0.25, 0.3) is 0 Å². The fraction of sp³-hybridized carbons (Fsp3) is 0.176. The molecule has 0 fully saturated rings. The zero-order valence-electron chi connectivity index (χ0n) is 10.3. The predicted octanol–water partition coefficient (Wildman–Crippen LogP) is 4.86. The molecule has 2 rings (SSSR count). The quantitative estimate of drug-likeness (QED) is 0.648. The lowest BCUT2D eigenvalue weighted by Crippen LogP contribution is -1.83. The third-order valence-electron chi connectivity index (χ3n) is 2.79. The largest absolute Gasteiger partial charge is 0.0885 e. The van der Waals surface area contributed by atoms with Gasteiger partial charge in [-0.3, -0.25) is 0 Å². The Kier molecular flexibility index (Phi) is 4.15. The van der Waals surface area contributed by atoms with Crippen molar-refractivity contribution in [2.75, 3.05) is 0 Å². The fourth-order valence-electron chi connectivity index (χ4n) is 1.89. The van der Waals surface area contributed by atoms with Gasteiger partial charge in [0.2, 0.25) is 0 Å². The van der Waals surface area contributed by atoms with E-state index in [1.54, 1.807) is 0 Å². The average Bonchev–Trinajstić information content (AvgIpc) is 2.41. The Labute approximate surface area is 104 Å². The van der Waals surface area contributed by atoms with Crippen LogP contribution in [0.4, 0.5) is 0 Å². The molecule has 0 atom stereocenters. The van der Waals surface area contributed by atoms with Crippen LogP contribution < -0.4 is 0 Å². The number of hydrogen-bond donors (Lipinski definition) is 0. The number of hydrogen-bond acceptors (Lipinski definition) is 0. The number of allylic oxidation sites excluding steroid dienone is 2. The third kappa shape index (κ3) is 3.32. The van der Waals surface area contributed by atoms with Gasteiger partial charge in [-0.05, 0) is 29.5 Å². The van der Waals surface area contributed by atoms with Crippen LogP contribution in [-0.2, 0) is 6.42 Å². The molecule has 0 aliphatic rings. The SMILES string of the molecule is CC/C=C\Cc1cccc(-c2ccccc2)c1. The Morgan fingerprint density at radius 1 is 0.824 bits per heavy atom. The summed E-state index contributed by atoms with van der Waals surface area (Å²) in [7, 11) is 0. The van der Waals surface area contributed by atoms with Gasteiger partial charge in [-0.25, -0.2) is 0 Å². The monoisotopic (exact) mass is 222 g/mol. The second-order valence-corrected chi connectivity index (χ2v) is 4.15. The van der Waals surface area contributed by atoms with Crippen LogP contribution in [-0.4, -0.2) is 0 Å². The van der Waals surface area contributed by atoms with Gasteiger partial charge in [0, 0.05) is 0 Å². The lowest BCUT2D eigenvalue weighted by atomic mass is 10.0. The van der Waals surface area contributed by atoms with Gasteiger partial charge < -0.3 is 0 Å². The molecule has 17 heavy (non-hydrogen) atoms. The first-order valence-corrected chi connectivity index (χ1v) is 6.19. The Morgan fingerprint density at radius 2 is 1.59 bits per heavy atom. The van der Waals surface area contributed by atoms with E-state index < -0.39 is 0 Å². The van der Waals surface area contributed by atoms with Crippen molar-refractivity contribution in [3.8, 4) is 11.1 Å². The molecular formula is C17H18. The molecule has 86 valence electrons. The smallest absolute Gasteiger partial charge is 0.00972 e. The van der Waals surface area contributed by atoms with Gasteiger partial charge in [0.05, 0.1) is 0 Å². The van der Waals surface area contributed by atoms with Crippen LogP contribution in [0.5, 0.6) is 0 Å².